The first-order valence-corrected chi connectivity index (χ1v) is 11.1. The normalized spacial score (nSPS) is 11.3. The molecule has 0 aliphatic heterocycles. The van der Waals surface area contributed by atoms with Crippen molar-refractivity contribution >= 4 is 11.7 Å². The molecule has 3 aromatic rings. The van der Waals surface area contributed by atoms with Crippen LogP contribution in [0, 0.1) is 11.7 Å². The number of nitrogens with zero attached hydrogens (tertiary/aromatic N) is 4. The highest BCUT2D eigenvalue weighted by atomic mass is 19.1. The number of hydrogen-bond donors (Lipinski definition) is 0. The molecule has 0 radical (unpaired) electrons. The molecule has 6 heteroatoms. The van der Waals surface area contributed by atoms with E-state index in [4.69, 9.17) is 5.10 Å². The summed E-state index contributed by atoms with van der Waals surface area (Å²) in [6.07, 6.45) is 0. The summed E-state index contributed by atoms with van der Waals surface area (Å²) < 4.78 is 15.8. The summed E-state index contributed by atoms with van der Waals surface area (Å²) in [6.45, 7) is 9.35. The second-order valence-corrected chi connectivity index (χ2v) is 9.07. The number of para-hydroxylation sites is 1. The van der Waals surface area contributed by atoms with Crippen molar-refractivity contribution in [1.82, 2.24) is 14.7 Å². The average molecular weight is 437 g/mol. The second kappa shape index (κ2) is 9.98. The van der Waals surface area contributed by atoms with Crippen LogP contribution in [0.2, 0.25) is 0 Å². The Balaban J connectivity index is 2.10. The third-order valence-corrected chi connectivity index (χ3v) is 5.25. The third-order valence-electron chi connectivity index (χ3n) is 5.25. The zero-order valence-electron chi connectivity index (χ0n) is 19.8. The Kier molecular flexibility index (Phi) is 7.33. The summed E-state index contributed by atoms with van der Waals surface area (Å²) in [5, 5.41) is 4.96. The van der Waals surface area contributed by atoms with Gasteiger partial charge in [0.1, 0.15) is 11.6 Å². The number of aromatic nitrogens is 2. The lowest BCUT2D eigenvalue weighted by atomic mass is 10.0. The van der Waals surface area contributed by atoms with Crippen LogP contribution in [-0.2, 0) is 6.54 Å². The number of carbonyl (C=O) groups excluding carboxylic acids is 1. The summed E-state index contributed by atoms with van der Waals surface area (Å²) in [5.74, 6) is 0.806. The number of rotatable bonds is 8. The Labute approximate surface area is 190 Å². The van der Waals surface area contributed by atoms with Crippen molar-refractivity contribution < 1.29 is 9.18 Å². The molecular weight excluding hydrogens is 403 g/mol. The lowest BCUT2D eigenvalue weighted by Gasteiger charge is -2.27. The minimum absolute atomic E-state index is 0.176. The van der Waals surface area contributed by atoms with Gasteiger partial charge in [-0.05, 0) is 42.2 Å². The van der Waals surface area contributed by atoms with Crippen LogP contribution < -0.4 is 4.90 Å². The van der Waals surface area contributed by atoms with Gasteiger partial charge < -0.3 is 9.80 Å². The van der Waals surface area contributed by atoms with Gasteiger partial charge in [-0.2, -0.15) is 5.10 Å². The van der Waals surface area contributed by atoms with Crippen molar-refractivity contribution in [3.05, 3.63) is 77.2 Å². The molecule has 0 N–H and O–H groups in total. The van der Waals surface area contributed by atoms with E-state index in [9.17, 15) is 9.18 Å². The molecule has 3 rings (SSSR count). The minimum Gasteiger partial charge on any atom is -0.362 e. The molecule has 32 heavy (non-hydrogen) atoms. The predicted molar refractivity (Wildman–Crippen MR) is 128 cm³/mol. The minimum atomic E-state index is -0.408. The fourth-order valence-corrected chi connectivity index (χ4v) is 3.94. The van der Waals surface area contributed by atoms with Gasteiger partial charge in [0, 0.05) is 31.8 Å². The summed E-state index contributed by atoms with van der Waals surface area (Å²) in [5.41, 5.74) is 3.30. The van der Waals surface area contributed by atoms with Crippen LogP contribution in [-0.4, -0.2) is 41.2 Å². The van der Waals surface area contributed by atoms with E-state index in [1.54, 1.807) is 12.1 Å². The SMILES string of the molecule is CC(C)CN(Cc1c(C(C)C)nn(-c2ccccc2)c1N(C)C)C(=O)c1cccc(F)c1. The number of anilines is 1. The van der Waals surface area contributed by atoms with Crippen molar-refractivity contribution in [2.75, 3.05) is 25.5 Å². The first-order chi connectivity index (χ1) is 15.2. The third kappa shape index (κ3) is 5.18. The number of amides is 1. The number of benzene rings is 2. The predicted octanol–water partition coefficient (Wildman–Crippen LogP) is 5.50. The first-order valence-electron chi connectivity index (χ1n) is 11.1. The monoisotopic (exact) mass is 436 g/mol. The van der Waals surface area contributed by atoms with E-state index < -0.39 is 5.82 Å². The molecule has 0 saturated heterocycles. The van der Waals surface area contributed by atoms with Crippen molar-refractivity contribution in [3.63, 3.8) is 0 Å². The van der Waals surface area contributed by atoms with Gasteiger partial charge in [0.25, 0.3) is 5.91 Å². The average Bonchev–Trinajstić information content (AvgIpc) is 3.13. The van der Waals surface area contributed by atoms with E-state index in [0.717, 1.165) is 22.8 Å². The molecule has 170 valence electrons. The molecule has 1 heterocycles. The second-order valence-electron chi connectivity index (χ2n) is 9.07. The number of hydrogen-bond acceptors (Lipinski definition) is 3. The van der Waals surface area contributed by atoms with Crippen LogP contribution in [0.5, 0.6) is 0 Å². The van der Waals surface area contributed by atoms with Gasteiger partial charge in [0.15, 0.2) is 0 Å². The fourth-order valence-electron chi connectivity index (χ4n) is 3.94. The van der Waals surface area contributed by atoms with Gasteiger partial charge in [-0.15, -0.1) is 0 Å². The standard InChI is InChI=1S/C26H33FN4O/c1-18(2)16-30(26(32)20-11-10-12-21(27)15-20)17-23-24(19(3)4)28-31(25(23)29(5)6)22-13-8-7-9-14-22/h7-15,18-19H,16-17H2,1-6H3. The summed E-state index contributed by atoms with van der Waals surface area (Å²) in [4.78, 5) is 17.2. The number of halogens is 1. The molecule has 0 bridgehead atoms. The quantitative estimate of drug-likeness (QED) is 0.468. The molecule has 1 amide bonds. The highest BCUT2D eigenvalue weighted by molar-refractivity contribution is 5.94. The summed E-state index contributed by atoms with van der Waals surface area (Å²) >= 11 is 0. The van der Waals surface area contributed by atoms with Crippen LogP contribution in [0.3, 0.4) is 0 Å². The molecular formula is C26H33FN4O. The van der Waals surface area contributed by atoms with E-state index in [0.29, 0.717) is 18.7 Å². The lowest BCUT2D eigenvalue weighted by Crippen LogP contribution is -2.34. The van der Waals surface area contributed by atoms with Gasteiger partial charge >= 0.3 is 0 Å². The largest absolute Gasteiger partial charge is 0.362 e. The van der Waals surface area contributed by atoms with Crippen LogP contribution in [0.25, 0.3) is 5.69 Å². The Morgan fingerprint density at radius 2 is 1.72 bits per heavy atom. The van der Waals surface area contributed by atoms with Crippen LogP contribution in [0.15, 0.2) is 54.6 Å². The molecule has 0 saturated carbocycles. The maximum absolute atomic E-state index is 13.8. The van der Waals surface area contributed by atoms with Crippen molar-refractivity contribution in [3.8, 4) is 5.69 Å². The van der Waals surface area contributed by atoms with Gasteiger partial charge in [0.2, 0.25) is 0 Å². The molecule has 1 aromatic heterocycles. The molecule has 2 aromatic carbocycles. The Bertz CT molecular complexity index is 1060. The summed E-state index contributed by atoms with van der Waals surface area (Å²) in [6, 6.07) is 15.9. The van der Waals surface area contributed by atoms with Crippen molar-refractivity contribution in [2.45, 2.75) is 40.2 Å². The van der Waals surface area contributed by atoms with Crippen LogP contribution in [0.1, 0.15) is 55.2 Å². The van der Waals surface area contributed by atoms with Gasteiger partial charge in [-0.3, -0.25) is 4.79 Å². The smallest absolute Gasteiger partial charge is 0.254 e. The Morgan fingerprint density at radius 1 is 1.03 bits per heavy atom. The van der Waals surface area contributed by atoms with Gasteiger partial charge in [0.05, 0.1) is 17.9 Å². The zero-order chi connectivity index (χ0) is 23.4. The highest BCUT2D eigenvalue weighted by Gasteiger charge is 2.27. The number of carbonyl (C=O) groups is 1. The molecule has 0 aliphatic carbocycles. The molecule has 5 nitrogen and oxygen atoms in total. The Hall–Kier alpha value is -3.15. The zero-order valence-corrected chi connectivity index (χ0v) is 19.8. The highest BCUT2D eigenvalue weighted by Crippen LogP contribution is 2.32. The van der Waals surface area contributed by atoms with Crippen molar-refractivity contribution in [2.24, 2.45) is 5.92 Å². The molecule has 0 aliphatic rings. The van der Waals surface area contributed by atoms with Gasteiger partial charge in [-0.1, -0.05) is 52.0 Å². The van der Waals surface area contributed by atoms with Gasteiger partial charge in [-0.25, -0.2) is 9.07 Å². The van der Waals surface area contributed by atoms with Crippen LogP contribution in [0.4, 0.5) is 10.2 Å². The van der Waals surface area contributed by atoms with Crippen LogP contribution >= 0.6 is 0 Å². The molecule has 0 atom stereocenters. The van der Waals surface area contributed by atoms with E-state index in [1.165, 1.54) is 12.1 Å². The molecule has 0 spiro atoms. The lowest BCUT2D eigenvalue weighted by molar-refractivity contribution is 0.0722. The molecule has 0 fully saturated rings. The first kappa shape index (κ1) is 23.5. The maximum Gasteiger partial charge on any atom is 0.254 e. The fraction of sp³-hybridized carbons (Fsp3) is 0.385. The Morgan fingerprint density at radius 3 is 2.28 bits per heavy atom. The molecule has 0 unspecified atom stereocenters. The van der Waals surface area contributed by atoms with Crippen molar-refractivity contribution in [1.29, 1.82) is 0 Å². The van der Waals surface area contributed by atoms with E-state index in [-0.39, 0.29) is 17.7 Å². The van der Waals surface area contributed by atoms with E-state index in [1.807, 2.05) is 58.9 Å². The summed E-state index contributed by atoms with van der Waals surface area (Å²) in [7, 11) is 3.98. The van der Waals surface area contributed by atoms with E-state index >= 15 is 0 Å². The topological polar surface area (TPSA) is 41.4 Å². The maximum atomic E-state index is 13.8. The van der Waals surface area contributed by atoms with E-state index in [2.05, 4.69) is 27.7 Å².